The van der Waals surface area contributed by atoms with Crippen LogP contribution in [0.3, 0.4) is 0 Å². The number of rotatable bonds is 2. The second kappa shape index (κ2) is 4.51. The van der Waals surface area contributed by atoms with Crippen LogP contribution in [-0.2, 0) is 0 Å². The summed E-state index contributed by atoms with van der Waals surface area (Å²) >= 11 is 13.5. The molecule has 0 atom stereocenters. The lowest BCUT2D eigenvalue weighted by Gasteiger charge is -2.05. The Morgan fingerprint density at radius 1 is 1.57 bits per heavy atom. The molecule has 1 heterocycles. The van der Waals surface area contributed by atoms with Crippen LogP contribution in [0.1, 0.15) is 22.5 Å². The second-order valence-corrected chi connectivity index (χ2v) is 3.83. The van der Waals surface area contributed by atoms with Crippen molar-refractivity contribution in [3.63, 3.8) is 0 Å². The Hall–Kier alpha value is -0.260. The number of carbonyl (C=O) groups is 1. The van der Waals surface area contributed by atoms with Crippen molar-refractivity contribution in [3.05, 3.63) is 26.9 Å². The van der Waals surface area contributed by atoms with Gasteiger partial charge < -0.3 is 0 Å². The molecule has 0 N–H and O–H groups in total. The third kappa shape index (κ3) is 2.40. The van der Waals surface area contributed by atoms with E-state index in [0.717, 1.165) is 6.07 Å². The van der Waals surface area contributed by atoms with E-state index in [1.807, 2.05) is 0 Å². The van der Waals surface area contributed by atoms with Crippen molar-refractivity contribution in [2.24, 2.45) is 0 Å². The van der Waals surface area contributed by atoms with Gasteiger partial charge in [0.15, 0.2) is 0 Å². The number of aromatic nitrogens is 1. The summed E-state index contributed by atoms with van der Waals surface area (Å²) in [4.78, 5) is 14.2. The average molecular weight is 305 g/mol. The summed E-state index contributed by atoms with van der Waals surface area (Å²) in [5.41, 5.74) is -1.06. The highest BCUT2D eigenvalue weighted by Crippen LogP contribution is 2.29. The normalized spacial score (nSPS) is 10.7. The lowest BCUT2D eigenvalue weighted by atomic mass is 10.2. The molecule has 0 radical (unpaired) electrons. The Bertz CT molecular complexity index is 386. The fraction of sp³-hybridized carbons (Fsp3) is 0.143. The minimum absolute atomic E-state index is 0.0848. The van der Waals surface area contributed by atoms with Gasteiger partial charge in [0.05, 0.1) is 4.47 Å². The highest BCUT2D eigenvalue weighted by molar-refractivity contribution is 9.10. The Morgan fingerprint density at radius 3 is 2.57 bits per heavy atom. The third-order valence-corrected chi connectivity index (χ3v) is 2.68. The van der Waals surface area contributed by atoms with Crippen LogP contribution >= 0.6 is 39.1 Å². The van der Waals surface area contributed by atoms with Gasteiger partial charge in [-0.1, -0.05) is 11.6 Å². The van der Waals surface area contributed by atoms with Gasteiger partial charge in [-0.2, -0.15) is 0 Å². The molecular formula is C7H2BrCl2F2NO. The summed E-state index contributed by atoms with van der Waals surface area (Å²) < 4.78 is 25.0. The van der Waals surface area contributed by atoms with Gasteiger partial charge in [-0.25, -0.2) is 13.8 Å². The van der Waals surface area contributed by atoms with Gasteiger partial charge in [-0.3, -0.25) is 4.79 Å². The first-order valence-corrected chi connectivity index (χ1v) is 4.82. The van der Waals surface area contributed by atoms with Crippen molar-refractivity contribution in [1.82, 2.24) is 4.98 Å². The third-order valence-electron chi connectivity index (χ3n) is 1.38. The lowest BCUT2D eigenvalue weighted by Crippen LogP contribution is -2.02. The van der Waals surface area contributed by atoms with Crippen LogP contribution in [0.4, 0.5) is 8.78 Å². The van der Waals surface area contributed by atoms with Crippen LogP contribution in [0, 0.1) is 0 Å². The Morgan fingerprint density at radius 2 is 2.14 bits per heavy atom. The highest BCUT2D eigenvalue weighted by atomic mass is 79.9. The predicted molar refractivity (Wildman–Crippen MR) is 52.1 cm³/mol. The topological polar surface area (TPSA) is 30.0 Å². The van der Waals surface area contributed by atoms with E-state index in [1.165, 1.54) is 0 Å². The van der Waals surface area contributed by atoms with Crippen LogP contribution in [0.15, 0.2) is 10.5 Å². The first kappa shape index (κ1) is 11.8. The molecule has 2 nitrogen and oxygen atoms in total. The molecule has 0 aliphatic rings. The summed E-state index contributed by atoms with van der Waals surface area (Å²) in [5, 5.41) is -1.15. The number of halogens is 5. The van der Waals surface area contributed by atoms with Crippen molar-refractivity contribution >= 4 is 44.4 Å². The largest absolute Gasteiger partial charge is 0.274 e. The molecule has 0 unspecified atom stereocenters. The Labute approximate surface area is 96.3 Å². The number of hydrogen-bond acceptors (Lipinski definition) is 2. The maximum atomic E-state index is 12.4. The van der Waals surface area contributed by atoms with Gasteiger partial charge in [0.2, 0.25) is 0 Å². The molecule has 1 aromatic heterocycles. The zero-order valence-electron chi connectivity index (χ0n) is 6.40. The van der Waals surface area contributed by atoms with Crippen molar-refractivity contribution in [2.45, 2.75) is 6.43 Å². The molecule has 0 bridgehead atoms. The molecule has 7 heteroatoms. The van der Waals surface area contributed by atoms with E-state index in [2.05, 4.69) is 20.9 Å². The van der Waals surface area contributed by atoms with Gasteiger partial charge >= 0.3 is 0 Å². The van der Waals surface area contributed by atoms with Crippen LogP contribution in [0.2, 0.25) is 5.15 Å². The van der Waals surface area contributed by atoms with Crippen molar-refractivity contribution in [3.8, 4) is 0 Å². The SMILES string of the molecule is O=C(Cl)c1nc(Cl)c(Br)cc1C(F)F. The van der Waals surface area contributed by atoms with E-state index >= 15 is 0 Å². The van der Waals surface area contributed by atoms with Crippen LogP contribution in [0.25, 0.3) is 0 Å². The lowest BCUT2D eigenvalue weighted by molar-refractivity contribution is 0.106. The summed E-state index contributed by atoms with van der Waals surface area (Å²) in [5.74, 6) is 0. The van der Waals surface area contributed by atoms with Crippen LogP contribution in [0.5, 0.6) is 0 Å². The van der Waals surface area contributed by atoms with E-state index in [9.17, 15) is 13.6 Å². The van der Waals surface area contributed by atoms with Crippen LogP contribution < -0.4 is 0 Å². The summed E-state index contributed by atoms with van der Waals surface area (Å²) in [6.07, 6.45) is -2.83. The molecule has 0 spiro atoms. The van der Waals surface area contributed by atoms with Gasteiger partial charge in [0, 0.05) is 5.56 Å². The van der Waals surface area contributed by atoms with Gasteiger partial charge in [-0.15, -0.1) is 0 Å². The van der Waals surface area contributed by atoms with Crippen molar-refractivity contribution in [1.29, 1.82) is 0 Å². The fourth-order valence-electron chi connectivity index (χ4n) is 0.804. The molecule has 0 fully saturated rings. The highest BCUT2D eigenvalue weighted by Gasteiger charge is 2.20. The van der Waals surface area contributed by atoms with E-state index in [0.29, 0.717) is 0 Å². The molecule has 0 saturated heterocycles. The molecule has 0 aliphatic heterocycles. The number of nitrogens with zero attached hydrogens (tertiary/aromatic N) is 1. The number of alkyl halides is 2. The first-order chi connectivity index (χ1) is 6.43. The Kier molecular flexibility index (Phi) is 3.80. The first-order valence-electron chi connectivity index (χ1n) is 3.27. The minimum atomic E-state index is -2.83. The molecule has 0 aromatic carbocycles. The number of carbonyl (C=O) groups excluding carboxylic acids is 1. The van der Waals surface area contributed by atoms with Crippen molar-refractivity contribution < 1.29 is 13.6 Å². The second-order valence-electron chi connectivity index (χ2n) is 2.27. The van der Waals surface area contributed by atoms with Crippen LogP contribution in [-0.4, -0.2) is 10.2 Å². The van der Waals surface area contributed by atoms with E-state index in [-0.39, 0.29) is 9.63 Å². The average Bonchev–Trinajstić information content (AvgIpc) is 2.08. The maximum absolute atomic E-state index is 12.4. The molecule has 76 valence electrons. The summed E-state index contributed by atoms with van der Waals surface area (Å²) in [6.45, 7) is 0. The molecule has 1 rings (SSSR count). The molecule has 0 aliphatic carbocycles. The molecular weight excluding hydrogens is 303 g/mol. The minimum Gasteiger partial charge on any atom is -0.274 e. The van der Waals surface area contributed by atoms with E-state index < -0.39 is 22.9 Å². The van der Waals surface area contributed by atoms with E-state index in [4.69, 9.17) is 23.2 Å². The zero-order valence-corrected chi connectivity index (χ0v) is 9.50. The fourth-order valence-corrected chi connectivity index (χ4v) is 1.43. The van der Waals surface area contributed by atoms with Gasteiger partial charge in [-0.05, 0) is 33.6 Å². The summed E-state index contributed by atoms with van der Waals surface area (Å²) in [6, 6.07) is 1.02. The molecule has 0 saturated carbocycles. The zero-order chi connectivity index (χ0) is 10.9. The van der Waals surface area contributed by atoms with Gasteiger partial charge in [0.1, 0.15) is 10.8 Å². The van der Waals surface area contributed by atoms with Gasteiger partial charge in [0.25, 0.3) is 11.7 Å². The Balaban J connectivity index is 3.39. The molecule has 14 heavy (non-hydrogen) atoms. The maximum Gasteiger partial charge on any atom is 0.271 e. The monoisotopic (exact) mass is 303 g/mol. The van der Waals surface area contributed by atoms with Crippen molar-refractivity contribution in [2.75, 3.05) is 0 Å². The number of hydrogen-bond donors (Lipinski definition) is 0. The standard InChI is InChI=1S/C7H2BrCl2F2NO/c8-3-1-2(7(11)12)4(6(10)14)13-5(3)9/h1,7H. The summed E-state index contributed by atoms with van der Waals surface area (Å²) in [7, 11) is 0. The number of pyridine rings is 1. The predicted octanol–water partition coefficient (Wildman–Crippen LogP) is 3.81. The molecule has 1 aromatic rings. The van der Waals surface area contributed by atoms with E-state index in [1.54, 1.807) is 0 Å². The molecule has 0 amide bonds. The smallest absolute Gasteiger partial charge is 0.271 e. The quantitative estimate of drug-likeness (QED) is 0.614.